The van der Waals surface area contributed by atoms with E-state index in [1.54, 1.807) is 24.3 Å². The second-order valence-corrected chi connectivity index (χ2v) is 6.16. The van der Waals surface area contributed by atoms with Crippen LogP contribution in [0.25, 0.3) is 0 Å². The van der Waals surface area contributed by atoms with Crippen LogP contribution < -0.4 is 10.5 Å². The summed E-state index contributed by atoms with van der Waals surface area (Å²) in [6.07, 6.45) is 1.61. The van der Waals surface area contributed by atoms with Gasteiger partial charge in [0.25, 0.3) is 0 Å². The van der Waals surface area contributed by atoms with E-state index in [1.165, 1.54) is 0 Å². The van der Waals surface area contributed by atoms with Crippen LogP contribution >= 0.6 is 0 Å². The number of nitrogens with two attached hydrogens (primary N) is 1. The standard InChI is InChI=1S/C15H22N2O3S/c1-2-11-20-12-5-10-17-21(18,19)15-8-3-6-14(13-15)7-4-9-16/h3,6,8,13,17H,2,5,9-12,16H2,1H3. The van der Waals surface area contributed by atoms with Crippen LogP contribution in [-0.4, -0.2) is 34.7 Å². The minimum atomic E-state index is -3.51. The Morgan fingerprint density at radius 3 is 2.86 bits per heavy atom. The summed E-state index contributed by atoms with van der Waals surface area (Å²) in [5.74, 6) is 5.52. The lowest BCUT2D eigenvalue weighted by Gasteiger charge is -2.07. The van der Waals surface area contributed by atoms with Crippen LogP contribution in [0.15, 0.2) is 29.2 Å². The van der Waals surface area contributed by atoms with E-state index in [-0.39, 0.29) is 11.4 Å². The van der Waals surface area contributed by atoms with Gasteiger partial charge in [-0.2, -0.15) is 0 Å². The highest BCUT2D eigenvalue weighted by atomic mass is 32.2. The third-order valence-corrected chi connectivity index (χ3v) is 4.04. The lowest BCUT2D eigenvalue weighted by Crippen LogP contribution is -2.25. The lowest BCUT2D eigenvalue weighted by atomic mass is 10.2. The molecule has 1 aromatic rings. The number of nitrogens with one attached hydrogen (secondary N) is 1. The van der Waals surface area contributed by atoms with Crippen molar-refractivity contribution >= 4 is 10.0 Å². The summed E-state index contributed by atoms with van der Waals surface area (Å²) in [6, 6.07) is 6.50. The molecule has 21 heavy (non-hydrogen) atoms. The van der Waals surface area contributed by atoms with Gasteiger partial charge in [0.15, 0.2) is 0 Å². The molecule has 0 aliphatic heterocycles. The molecule has 0 spiro atoms. The van der Waals surface area contributed by atoms with Crippen molar-refractivity contribution in [1.82, 2.24) is 4.72 Å². The molecular formula is C15H22N2O3S. The molecule has 116 valence electrons. The topological polar surface area (TPSA) is 81.4 Å². The maximum absolute atomic E-state index is 12.1. The predicted octanol–water partition coefficient (Wildman–Crippen LogP) is 1.09. The highest BCUT2D eigenvalue weighted by molar-refractivity contribution is 7.89. The van der Waals surface area contributed by atoms with Crippen LogP contribution in [0.3, 0.4) is 0 Å². The summed E-state index contributed by atoms with van der Waals surface area (Å²) in [4.78, 5) is 0.209. The second kappa shape index (κ2) is 9.53. The maximum Gasteiger partial charge on any atom is 0.240 e. The Morgan fingerprint density at radius 2 is 2.14 bits per heavy atom. The fourth-order valence-corrected chi connectivity index (χ4v) is 2.72. The molecule has 5 nitrogen and oxygen atoms in total. The third-order valence-electron chi connectivity index (χ3n) is 2.59. The number of hydrogen-bond acceptors (Lipinski definition) is 4. The predicted molar refractivity (Wildman–Crippen MR) is 83.3 cm³/mol. The van der Waals surface area contributed by atoms with Gasteiger partial charge in [0.1, 0.15) is 0 Å². The van der Waals surface area contributed by atoms with Gasteiger partial charge in [-0.25, -0.2) is 13.1 Å². The Labute approximate surface area is 126 Å². The van der Waals surface area contributed by atoms with Gasteiger partial charge in [-0.05, 0) is 31.0 Å². The van der Waals surface area contributed by atoms with E-state index in [0.29, 0.717) is 31.7 Å². The second-order valence-electron chi connectivity index (χ2n) is 4.40. The molecule has 0 aliphatic rings. The van der Waals surface area contributed by atoms with Crippen molar-refractivity contribution in [2.45, 2.75) is 24.7 Å². The Morgan fingerprint density at radius 1 is 1.33 bits per heavy atom. The van der Waals surface area contributed by atoms with E-state index in [9.17, 15) is 8.42 Å². The Bertz CT molecular complexity index is 588. The van der Waals surface area contributed by atoms with E-state index < -0.39 is 10.0 Å². The first-order chi connectivity index (χ1) is 10.1. The molecule has 0 atom stereocenters. The number of rotatable bonds is 8. The molecule has 0 saturated carbocycles. The summed E-state index contributed by atoms with van der Waals surface area (Å²) in [7, 11) is -3.51. The fraction of sp³-hybridized carbons (Fsp3) is 0.467. The van der Waals surface area contributed by atoms with Crippen LogP contribution in [0.1, 0.15) is 25.3 Å². The molecule has 0 fully saturated rings. The molecule has 6 heteroatoms. The molecule has 0 unspecified atom stereocenters. The van der Waals surface area contributed by atoms with Gasteiger partial charge in [-0.3, -0.25) is 0 Å². The number of benzene rings is 1. The van der Waals surface area contributed by atoms with Gasteiger partial charge in [0, 0.05) is 25.3 Å². The average Bonchev–Trinajstić information content (AvgIpc) is 2.49. The van der Waals surface area contributed by atoms with Crippen LogP contribution in [-0.2, 0) is 14.8 Å². The van der Waals surface area contributed by atoms with E-state index in [2.05, 4.69) is 16.6 Å². The summed E-state index contributed by atoms with van der Waals surface area (Å²) < 4.78 is 32.1. The molecule has 0 saturated heterocycles. The Hall–Kier alpha value is -1.39. The van der Waals surface area contributed by atoms with Gasteiger partial charge in [-0.1, -0.05) is 24.8 Å². The quantitative estimate of drug-likeness (QED) is 0.556. The minimum Gasteiger partial charge on any atom is -0.381 e. The van der Waals surface area contributed by atoms with Crippen molar-refractivity contribution in [1.29, 1.82) is 0 Å². The molecule has 0 radical (unpaired) electrons. The smallest absolute Gasteiger partial charge is 0.240 e. The van der Waals surface area contributed by atoms with Crippen molar-refractivity contribution < 1.29 is 13.2 Å². The zero-order valence-electron chi connectivity index (χ0n) is 12.3. The van der Waals surface area contributed by atoms with Crippen molar-refractivity contribution in [3.05, 3.63) is 29.8 Å². The monoisotopic (exact) mass is 310 g/mol. The molecule has 0 aromatic heterocycles. The van der Waals surface area contributed by atoms with Gasteiger partial charge >= 0.3 is 0 Å². The summed E-state index contributed by atoms with van der Waals surface area (Å²) in [6.45, 7) is 3.88. The summed E-state index contributed by atoms with van der Waals surface area (Å²) in [5.41, 5.74) is 5.93. The first kappa shape index (κ1) is 17.7. The molecule has 1 rings (SSSR count). The van der Waals surface area contributed by atoms with Crippen molar-refractivity contribution in [3.8, 4) is 11.8 Å². The third kappa shape index (κ3) is 6.74. The molecular weight excluding hydrogens is 288 g/mol. The van der Waals surface area contributed by atoms with E-state index in [4.69, 9.17) is 10.5 Å². The molecule has 0 amide bonds. The summed E-state index contributed by atoms with van der Waals surface area (Å²) in [5, 5.41) is 0. The fourth-order valence-electron chi connectivity index (χ4n) is 1.60. The van der Waals surface area contributed by atoms with Crippen LogP contribution in [0.2, 0.25) is 0 Å². The van der Waals surface area contributed by atoms with Crippen molar-refractivity contribution in [2.75, 3.05) is 26.3 Å². The lowest BCUT2D eigenvalue weighted by molar-refractivity contribution is 0.133. The molecule has 0 bridgehead atoms. The highest BCUT2D eigenvalue weighted by Gasteiger charge is 2.13. The Kier molecular flexibility index (Phi) is 8.01. The van der Waals surface area contributed by atoms with Crippen LogP contribution in [0.5, 0.6) is 0 Å². The minimum absolute atomic E-state index is 0.209. The largest absolute Gasteiger partial charge is 0.381 e. The van der Waals surface area contributed by atoms with Gasteiger partial charge in [-0.15, -0.1) is 0 Å². The number of sulfonamides is 1. The average molecular weight is 310 g/mol. The first-order valence-corrected chi connectivity index (χ1v) is 8.45. The van der Waals surface area contributed by atoms with E-state index >= 15 is 0 Å². The SMILES string of the molecule is CCCOCCCNS(=O)(=O)c1cccc(C#CCN)c1. The summed E-state index contributed by atoms with van der Waals surface area (Å²) >= 11 is 0. The molecule has 1 aromatic carbocycles. The normalized spacial score (nSPS) is 11.0. The zero-order chi connectivity index (χ0) is 15.6. The van der Waals surface area contributed by atoms with Gasteiger partial charge < -0.3 is 10.5 Å². The van der Waals surface area contributed by atoms with E-state index in [0.717, 1.165) is 6.42 Å². The number of hydrogen-bond donors (Lipinski definition) is 2. The van der Waals surface area contributed by atoms with E-state index in [1.807, 2.05) is 6.92 Å². The Balaban J connectivity index is 2.57. The molecule has 0 aliphatic carbocycles. The molecule has 0 heterocycles. The highest BCUT2D eigenvalue weighted by Crippen LogP contribution is 2.10. The maximum atomic E-state index is 12.1. The van der Waals surface area contributed by atoms with Crippen LogP contribution in [0.4, 0.5) is 0 Å². The van der Waals surface area contributed by atoms with Crippen LogP contribution in [0, 0.1) is 11.8 Å². The van der Waals surface area contributed by atoms with Crippen molar-refractivity contribution in [2.24, 2.45) is 5.73 Å². The zero-order valence-corrected chi connectivity index (χ0v) is 13.1. The van der Waals surface area contributed by atoms with Gasteiger partial charge in [0.2, 0.25) is 10.0 Å². The first-order valence-electron chi connectivity index (χ1n) is 6.96. The number of ether oxygens (including phenoxy) is 1. The van der Waals surface area contributed by atoms with Gasteiger partial charge in [0.05, 0.1) is 11.4 Å². The van der Waals surface area contributed by atoms with Crippen molar-refractivity contribution in [3.63, 3.8) is 0 Å². The molecule has 3 N–H and O–H groups in total.